The first-order chi connectivity index (χ1) is 11.3. The second kappa shape index (κ2) is 8.04. The van der Waals surface area contributed by atoms with Gasteiger partial charge in [0.05, 0.1) is 18.9 Å². The van der Waals surface area contributed by atoms with E-state index in [1.807, 2.05) is 30.6 Å². The van der Waals surface area contributed by atoms with Crippen LogP contribution in [0.4, 0.5) is 0 Å². The molecule has 0 amide bonds. The van der Waals surface area contributed by atoms with Gasteiger partial charge in [-0.1, -0.05) is 12.1 Å². The molecule has 3 rings (SSSR count). The third-order valence-corrected chi connectivity index (χ3v) is 4.01. The molecule has 122 valence electrons. The normalized spacial score (nSPS) is 17.6. The number of aromatic nitrogens is 2. The van der Waals surface area contributed by atoms with Crippen LogP contribution in [0.5, 0.6) is 5.88 Å². The molecule has 3 heterocycles. The Morgan fingerprint density at radius 3 is 2.83 bits per heavy atom. The summed E-state index contributed by atoms with van der Waals surface area (Å²) in [6.07, 6.45) is 6.34. The summed E-state index contributed by atoms with van der Waals surface area (Å²) in [4.78, 5) is 11.1. The zero-order valence-corrected chi connectivity index (χ0v) is 13.5. The van der Waals surface area contributed by atoms with Gasteiger partial charge in [0.2, 0.25) is 5.88 Å². The number of hydrogen-bond donors (Lipinski definition) is 0. The van der Waals surface area contributed by atoms with Gasteiger partial charge >= 0.3 is 0 Å². The van der Waals surface area contributed by atoms with E-state index in [4.69, 9.17) is 9.47 Å². The fraction of sp³-hybridized carbons (Fsp3) is 0.444. The van der Waals surface area contributed by atoms with Crippen molar-refractivity contribution in [2.75, 3.05) is 20.3 Å². The Hall–Kier alpha value is -1.98. The van der Waals surface area contributed by atoms with E-state index in [1.54, 1.807) is 7.11 Å². The van der Waals surface area contributed by atoms with Crippen molar-refractivity contribution >= 4 is 0 Å². The van der Waals surface area contributed by atoms with E-state index in [-0.39, 0.29) is 0 Å². The van der Waals surface area contributed by atoms with Crippen molar-refractivity contribution in [3.8, 4) is 5.88 Å². The summed E-state index contributed by atoms with van der Waals surface area (Å²) in [5.74, 6) is 0.643. The Labute approximate surface area is 137 Å². The van der Waals surface area contributed by atoms with E-state index in [9.17, 15) is 0 Å². The lowest BCUT2D eigenvalue weighted by atomic mass is 10.2. The second-order valence-corrected chi connectivity index (χ2v) is 5.83. The average Bonchev–Trinajstić information content (AvgIpc) is 3.09. The van der Waals surface area contributed by atoms with Gasteiger partial charge in [-0.25, -0.2) is 4.98 Å². The first kappa shape index (κ1) is 15.9. The van der Waals surface area contributed by atoms with Crippen molar-refractivity contribution < 1.29 is 9.47 Å². The SMILES string of the molecule is COc1ccc(CN(Cc2ccccn2)C[C@@H]2CCCO2)cn1. The second-order valence-electron chi connectivity index (χ2n) is 5.83. The first-order valence-corrected chi connectivity index (χ1v) is 8.06. The number of rotatable bonds is 7. The summed E-state index contributed by atoms with van der Waals surface area (Å²) in [5.41, 5.74) is 2.24. The Morgan fingerprint density at radius 1 is 1.22 bits per heavy atom. The van der Waals surface area contributed by atoms with Gasteiger partial charge in [-0.3, -0.25) is 9.88 Å². The van der Waals surface area contributed by atoms with Crippen LogP contribution < -0.4 is 4.74 Å². The van der Waals surface area contributed by atoms with E-state index in [2.05, 4.69) is 27.0 Å². The molecule has 0 aromatic carbocycles. The van der Waals surface area contributed by atoms with Gasteiger partial charge < -0.3 is 9.47 Å². The van der Waals surface area contributed by atoms with Crippen molar-refractivity contribution in [2.45, 2.75) is 32.0 Å². The lowest BCUT2D eigenvalue weighted by Crippen LogP contribution is -2.31. The summed E-state index contributed by atoms with van der Waals surface area (Å²) >= 11 is 0. The summed E-state index contributed by atoms with van der Waals surface area (Å²) in [6.45, 7) is 3.44. The largest absolute Gasteiger partial charge is 0.481 e. The van der Waals surface area contributed by atoms with Crippen LogP contribution >= 0.6 is 0 Å². The van der Waals surface area contributed by atoms with Crippen LogP contribution in [0, 0.1) is 0 Å². The van der Waals surface area contributed by atoms with E-state index < -0.39 is 0 Å². The van der Waals surface area contributed by atoms with Crippen molar-refractivity contribution in [2.24, 2.45) is 0 Å². The first-order valence-electron chi connectivity index (χ1n) is 8.06. The van der Waals surface area contributed by atoms with Gasteiger partial charge in [-0.15, -0.1) is 0 Å². The smallest absolute Gasteiger partial charge is 0.212 e. The number of nitrogens with zero attached hydrogens (tertiary/aromatic N) is 3. The number of ether oxygens (including phenoxy) is 2. The molecule has 2 aromatic heterocycles. The molecule has 1 aliphatic rings. The van der Waals surface area contributed by atoms with Crippen LogP contribution in [0.3, 0.4) is 0 Å². The number of pyridine rings is 2. The molecule has 1 saturated heterocycles. The lowest BCUT2D eigenvalue weighted by Gasteiger charge is -2.25. The fourth-order valence-electron chi connectivity index (χ4n) is 2.87. The predicted octanol–water partition coefficient (Wildman–Crippen LogP) is 2.67. The van der Waals surface area contributed by atoms with Gasteiger partial charge in [0, 0.05) is 44.7 Å². The maximum atomic E-state index is 5.80. The maximum Gasteiger partial charge on any atom is 0.212 e. The minimum absolute atomic E-state index is 0.324. The molecule has 1 aliphatic heterocycles. The molecule has 2 aromatic rings. The van der Waals surface area contributed by atoms with Crippen LogP contribution in [0.1, 0.15) is 24.1 Å². The zero-order valence-electron chi connectivity index (χ0n) is 13.5. The molecule has 5 heteroatoms. The molecule has 0 spiro atoms. The third kappa shape index (κ3) is 4.74. The maximum absolute atomic E-state index is 5.80. The summed E-state index contributed by atoms with van der Waals surface area (Å²) in [7, 11) is 1.63. The Morgan fingerprint density at radius 2 is 2.17 bits per heavy atom. The highest BCUT2D eigenvalue weighted by molar-refractivity contribution is 5.17. The van der Waals surface area contributed by atoms with Crippen LogP contribution in [-0.2, 0) is 17.8 Å². The Kier molecular flexibility index (Phi) is 5.56. The van der Waals surface area contributed by atoms with Gasteiger partial charge in [0.15, 0.2) is 0 Å². The molecule has 23 heavy (non-hydrogen) atoms. The molecule has 1 fully saturated rings. The van der Waals surface area contributed by atoms with E-state index in [0.717, 1.165) is 44.8 Å². The van der Waals surface area contributed by atoms with Crippen LogP contribution in [0.2, 0.25) is 0 Å². The number of hydrogen-bond acceptors (Lipinski definition) is 5. The van der Waals surface area contributed by atoms with Crippen molar-refractivity contribution in [3.05, 3.63) is 54.0 Å². The van der Waals surface area contributed by atoms with Crippen LogP contribution in [0.25, 0.3) is 0 Å². The quantitative estimate of drug-likeness (QED) is 0.786. The van der Waals surface area contributed by atoms with E-state index >= 15 is 0 Å². The van der Waals surface area contributed by atoms with Crippen molar-refractivity contribution in [1.29, 1.82) is 0 Å². The van der Waals surface area contributed by atoms with Crippen LogP contribution in [-0.4, -0.2) is 41.2 Å². The summed E-state index contributed by atoms with van der Waals surface area (Å²) in [6, 6.07) is 10.0. The minimum atomic E-state index is 0.324. The Balaban J connectivity index is 1.67. The van der Waals surface area contributed by atoms with Crippen molar-refractivity contribution in [1.82, 2.24) is 14.9 Å². The van der Waals surface area contributed by atoms with Gasteiger partial charge in [-0.2, -0.15) is 0 Å². The molecule has 0 N–H and O–H groups in total. The standard InChI is InChI=1S/C18H23N3O2/c1-22-18-8-7-15(11-20-18)12-21(14-17-6-4-10-23-17)13-16-5-2-3-9-19-16/h2-3,5,7-9,11,17H,4,6,10,12-14H2,1H3/t17-/m0/s1. The molecule has 1 atom stereocenters. The van der Waals surface area contributed by atoms with Crippen LogP contribution in [0.15, 0.2) is 42.7 Å². The average molecular weight is 313 g/mol. The Bertz CT molecular complexity index is 583. The molecule has 0 saturated carbocycles. The highest BCUT2D eigenvalue weighted by Gasteiger charge is 2.20. The van der Waals surface area contributed by atoms with Gasteiger partial charge in [0.25, 0.3) is 0 Å². The molecule has 5 nitrogen and oxygen atoms in total. The highest BCUT2D eigenvalue weighted by Crippen LogP contribution is 2.17. The van der Waals surface area contributed by atoms with Crippen molar-refractivity contribution in [3.63, 3.8) is 0 Å². The molecule has 0 radical (unpaired) electrons. The molecular weight excluding hydrogens is 290 g/mol. The molecule has 0 aliphatic carbocycles. The fourth-order valence-corrected chi connectivity index (χ4v) is 2.87. The monoisotopic (exact) mass is 313 g/mol. The summed E-state index contributed by atoms with van der Waals surface area (Å²) in [5, 5.41) is 0. The highest BCUT2D eigenvalue weighted by atomic mass is 16.5. The predicted molar refractivity (Wildman–Crippen MR) is 88.1 cm³/mol. The number of methoxy groups -OCH3 is 1. The topological polar surface area (TPSA) is 47.5 Å². The molecule has 0 unspecified atom stereocenters. The minimum Gasteiger partial charge on any atom is -0.481 e. The lowest BCUT2D eigenvalue weighted by molar-refractivity contribution is 0.0674. The van der Waals surface area contributed by atoms with Gasteiger partial charge in [0.1, 0.15) is 0 Å². The van der Waals surface area contributed by atoms with E-state index in [1.165, 1.54) is 5.56 Å². The summed E-state index contributed by atoms with van der Waals surface area (Å²) < 4.78 is 10.9. The van der Waals surface area contributed by atoms with E-state index in [0.29, 0.717) is 12.0 Å². The van der Waals surface area contributed by atoms with Gasteiger partial charge in [-0.05, 0) is 30.5 Å². The zero-order chi connectivity index (χ0) is 15.9. The molecular formula is C18H23N3O2. The molecule has 0 bridgehead atoms. The third-order valence-electron chi connectivity index (χ3n) is 4.01.